The zero-order chi connectivity index (χ0) is 18.9. The van der Waals surface area contributed by atoms with E-state index in [1.165, 1.54) is 13.8 Å². The van der Waals surface area contributed by atoms with Crippen LogP contribution in [0.3, 0.4) is 0 Å². The van der Waals surface area contributed by atoms with Gasteiger partial charge in [0, 0.05) is 32.4 Å². The van der Waals surface area contributed by atoms with E-state index in [2.05, 4.69) is 4.99 Å². The fraction of sp³-hybridized carbons (Fsp3) is 0.389. The first-order valence-electron chi connectivity index (χ1n) is 8.55. The normalized spacial score (nSPS) is 17.2. The predicted octanol–water partition coefficient (Wildman–Crippen LogP) is 1.40. The fourth-order valence-electron chi connectivity index (χ4n) is 2.56. The van der Waals surface area contributed by atoms with Crippen molar-refractivity contribution in [2.45, 2.75) is 40.0 Å². The van der Waals surface area contributed by atoms with Crippen LogP contribution in [0.5, 0.6) is 0 Å². The smallest absolute Gasteiger partial charge is 0.526 e. The Morgan fingerprint density at radius 1 is 1.04 bits per heavy atom. The lowest BCUT2D eigenvalue weighted by Gasteiger charge is -2.30. The van der Waals surface area contributed by atoms with Gasteiger partial charge in [0.05, 0.1) is 12.2 Å². The van der Waals surface area contributed by atoms with Crippen LogP contribution in [0.4, 0.5) is 5.69 Å². The molecule has 0 atom stereocenters. The second-order valence-electron chi connectivity index (χ2n) is 5.65. The van der Waals surface area contributed by atoms with E-state index in [1.54, 1.807) is 0 Å². The number of hydrogen-bond donors (Lipinski definition) is 1. The van der Waals surface area contributed by atoms with Crippen molar-refractivity contribution in [3.05, 3.63) is 41.9 Å². The van der Waals surface area contributed by atoms with Crippen LogP contribution in [0.25, 0.3) is 0 Å². The lowest BCUT2D eigenvalue weighted by Crippen LogP contribution is -2.66. The molecule has 1 aliphatic carbocycles. The van der Waals surface area contributed by atoms with Gasteiger partial charge >= 0.3 is 7.32 Å². The summed E-state index contributed by atoms with van der Waals surface area (Å²) in [5.41, 5.74) is 2.75. The van der Waals surface area contributed by atoms with Gasteiger partial charge in [0.1, 0.15) is 0 Å². The molecule has 0 heterocycles. The van der Waals surface area contributed by atoms with Gasteiger partial charge in [-0.05, 0) is 19.8 Å². The molecular formula is C18H23BNO6. The van der Waals surface area contributed by atoms with Gasteiger partial charge < -0.3 is 18.7 Å². The number of allylic oxidation sites excluding steroid dienone is 1. The van der Waals surface area contributed by atoms with E-state index >= 15 is 0 Å². The first-order valence-corrected chi connectivity index (χ1v) is 8.55. The Labute approximate surface area is 153 Å². The molecule has 1 aliphatic rings. The number of para-hydroxylation sites is 1. The second-order valence-corrected chi connectivity index (χ2v) is 5.65. The average molecular weight is 360 g/mol. The van der Waals surface area contributed by atoms with Crippen molar-refractivity contribution in [1.29, 1.82) is 0 Å². The minimum absolute atomic E-state index is 0.191. The molecule has 0 bridgehead atoms. The van der Waals surface area contributed by atoms with E-state index in [4.69, 9.17) is 18.7 Å². The van der Waals surface area contributed by atoms with Crippen molar-refractivity contribution in [1.82, 2.24) is 0 Å². The average Bonchev–Trinajstić information content (AvgIpc) is 3.02. The van der Waals surface area contributed by atoms with E-state index in [0.717, 1.165) is 36.2 Å². The molecule has 8 heteroatoms. The highest BCUT2D eigenvalue weighted by molar-refractivity contribution is 6.42. The molecule has 0 aromatic heterocycles. The Hall–Kier alpha value is -2.77. The number of carbonyl (C=O) groups excluding carboxylic acids is 2. The van der Waals surface area contributed by atoms with Gasteiger partial charge in [-0.3, -0.25) is 9.59 Å². The maximum absolute atomic E-state index is 11.2. The molecule has 0 amide bonds. The fourth-order valence-corrected chi connectivity index (χ4v) is 2.56. The molecule has 26 heavy (non-hydrogen) atoms. The molecule has 1 aromatic rings. The molecular weight excluding hydrogens is 337 g/mol. The standard InChI is InChI=1S/C18H22BNO6/c1-4-23-18(26-19(24-13(2)21)25-14(3)22)16-11-8-12-17(16)20-15-9-6-5-7-10-15/h5-7,9-10H,4,8,11-12H2,1-3H3/q-1/p+1/b18-16-,20-17?. The second kappa shape index (κ2) is 9.65. The highest BCUT2D eigenvalue weighted by Gasteiger charge is 2.28. The van der Waals surface area contributed by atoms with E-state index in [1.807, 2.05) is 37.3 Å². The first kappa shape index (κ1) is 19.6. The van der Waals surface area contributed by atoms with Gasteiger partial charge in [0.25, 0.3) is 11.9 Å². The molecule has 0 unspecified atom stereocenters. The summed E-state index contributed by atoms with van der Waals surface area (Å²) in [6, 6.07) is 9.76. The van der Waals surface area contributed by atoms with E-state index in [-0.39, 0.29) is 5.95 Å². The minimum Gasteiger partial charge on any atom is -0.642 e. The largest absolute Gasteiger partial charge is 0.642 e. The Morgan fingerprint density at radius 3 is 2.27 bits per heavy atom. The van der Waals surface area contributed by atoms with E-state index in [9.17, 15) is 9.59 Å². The number of carbonyl (C=O) groups is 2. The van der Waals surface area contributed by atoms with Gasteiger partial charge in [-0.25, -0.2) is 4.99 Å². The molecule has 139 valence electrons. The van der Waals surface area contributed by atoms with Gasteiger partial charge in [-0.2, -0.15) is 0 Å². The zero-order valence-corrected chi connectivity index (χ0v) is 15.2. The van der Waals surface area contributed by atoms with E-state index in [0.29, 0.717) is 6.61 Å². The van der Waals surface area contributed by atoms with Crippen LogP contribution < -0.4 is 4.99 Å². The van der Waals surface area contributed by atoms with Crippen molar-refractivity contribution in [2.24, 2.45) is 0 Å². The van der Waals surface area contributed by atoms with Crippen LogP contribution >= 0.6 is 0 Å². The van der Waals surface area contributed by atoms with Crippen LogP contribution in [0.1, 0.15) is 40.0 Å². The van der Waals surface area contributed by atoms with Gasteiger partial charge in [0.15, 0.2) is 5.71 Å². The summed E-state index contributed by atoms with van der Waals surface area (Å²) in [5, 5.41) is 0. The van der Waals surface area contributed by atoms with Crippen molar-refractivity contribution < 1.29 is 33.3 Å². The zero-order valence-electron chi connectivity index (χ0n) is 15.2. The summed E-state index contributed by atoms with van der Waals surface area (Å²) >= 11 is 0. The molecule has 1 fully saturated rings. The number of rotatable bonds is 7. The molecule has 1 saturated carbocycles. The summed E-state index contributed by atoms with van der Waals surface area (Å²) in [5.74, 6) is -1.07. The van der Waals surface area contributed by atoms with Gasteiger partial charge in [0.2, 0.25) is 11.6 Å². The summed E-state index contributed by atoms with van der Waals surface area (Å²) in [4.78, 5) is 25.8. The summed E-state index contributed by atoms with van der Waals surface area (Å²) in [6.45, 7) is 4.58. The van der Waals surface area contributed by atoms with Crippen LogP contribution in [0, 0.1) is 0 Å². The maximum atomic E-state index is 11.2. The molecule has 2 rings (SSSR count). The maximum Gasteiger partial charge on any atom is 0.526 e. The lowest BCUT2D eigenvalue weighted by atomic mass is 10.2. The molecule has 0 aliphatic heterocycles. The third-order valence-electron chi connectivity index (χ3n) is 3.54. The number of benzene rings is 1. The van der Waals surface area contributed by atoms with Crippen molar-refractivity contribution in [3.63, 3.8) is 0 Å². The first-order chi connectivity index (χ1) is 12.5. The third-order valence-corrected chi connectivity index (χ3v) is 3.54. The molecule has 1 radical (unpaired) electrons. The highest BCUT2D eigenvalue weighted by Crippen LogP contribution is 2.25. The van der Waals surface area contributed by atoms with Crippen LogP contribution in [0.2, 0.25) is 0 Å². The minimum atomic E-state index is -1.49. The van der Waals surface area contributed by atoms with Crippen molar-refractivity contribution >= 4 is 30.7 Å². The monoisotopic (exact) mass is 360 g/mol. The molecule has 0 saturated heterocycles. The topological polar surface area (TPSA) is 85.0 Å². The Bertz CT molecular complexity index is 685. The molecule has 1 aromatic carbocycles. The summed E-state index contributed by atoms with van der Waals surface area (Å²) < 4.78 is 21.0. The van der Waals surface area contributed by atoms with Crippen molar-refractivity contribution in [3.8, 4) is 0 Å². The third kappa shape index (κ3) is 5.95. The summed E-state index contributed by atoms with van der Waals surface area (Å²) in [6.07, 6.45) is 2.49. The Balaban J connectivity index is 2.30. The predicted molar refractivity (Wildman–Crippen MR) is 94.9 cm³/mol. The van der Waals surface area contributed by atoms with Crippen molar-refractivity contribution in [2.75, 3.05) is 6.61 Å². The molecule has 1 N–H and O–H groups in total. The Kier molecular flexibility index (Phi) is 7.26. The van der Waals surface area contributed by atoms with Crippen LogP contribution in [-0.2, 0) is 28.3 Å². The number of nitrogens with one attached hydrogen (secondary N) is 1. The van der Waals surface area contributed by atoms with Crippen LogP contribution in [-0.4, -0.2) is 31.6 Å². The van der Waals surface area contributed by atoms with E-state index < -0.39 is 19.3 Å². The number of ether oxygens (including phenoxy) is 1. The SMILES string of the molecule is CCO/C(O[B-](OC(C)=O)OC(C)=O)=C1\CCCC1=[NH+]c1ccccc1. The number of hydrogen-bond acceptors (Lipinski definition) is 6. The highest BCUT2D eigenvalue weighted by atomic mass is 16.8. The van der Waals surface area contributed by atoms with Gasteiger partial charge in [-0.1, -0.05) is 18.2 Å². The Morgan fingerprint density at radius 2 is 1.69 bits per heavy atom. The van der Waals surface area contributed by atoms with Gasteiger partial charge in [-0.15, -0.1) is 0 Å². The molecule has 7 nitrogen and oxygen atoms in total. The quantitative estimate of drug-likeness (QED) is 0.585. The van der Waals surface area contributed by atoms with Crippen LogP contribution in [0.15, 0.2) is 41.9 Å². The summed E-state index contributed by atoms with van der Waals surface area (Å²) in [7, 11) is -1.49. The lowest BCUT2D eigenvalue weighted by molar-refractivity contribution is -0.354. The molecule has 0 spiro atoms.